The average molecular weight is 454 g/mol. The molecule has 0 saturated heterocycles. The van der Waals surface area contributed by atoms with Gasteiger partial charge in [0.25, 0.3) is 0 Å². The number of rotatable bonds is 12. The minimum Gasteiger partial charge on any atom is -0.481 e. The van der Waals surface area contributed by atoms with E-state index >= 15 is 0 Å². The number of carboxylic acid groups (broad SMARTS) is 1. The summed E-state index contributed by atoms with van der Waals surface area (Å²) in [4.78, 5) is 11.0. The van der Waals surface area contributed by atoms with Gasteiger partial charge < -0.3 is 20.3 Å². The zero-order valence-corrected chi connectivity index (χ0v) is 20.4. The van der Waals surface area contributed by atoms with Crippen molar-refractivity contribution in [3.8, 4) is 0 Å². The van der Waals surface area contributed by atoms with Crippen LogP contribution in [0, 0.1) is 12.8 Å². The van der Waals surface area contributed by atoms with Gasteiger partial charge in [-0.05, 0) is 81.5 Å². The predicted octanol–water partition coefficient (Wildman–Crippen LogP) is 4.62. The fourth-order valence-electron chi connectivity index (χ4n) is 4.95. The fourth-order valence-corrected chi connectivity index (χ4v) is 4.95. The number of aliphatic hydroxyl groups excluding tert-OH is 1. The third kappa shape index (κ3) is 7.66. The molecule has 33 heavy (non-hydrogen) atoms. The van der Waals surface area contributed by atoms with Gasteiger partial charge in [0.15, 0.2) is 0 Å². The van der Waals surface area contributed by atoms with Crippen molar-refractivity contribution < 1.29 is 19.7 Å². The summed E-state index contributed by atoms with van der Waals surface area (Å²) in [7, 11) is 0. The predicted molar refractivity (Wildman–Crippen MR) is 132 cm³/mol. The van der Waals surface area contributed by atoms with Crippen LogP contribution >= 0.6 is 0 Å². The average Bonchev–Trinajstić information content (AvgIpc) is 3.16. The molecule has 1 aliphatic rings. The fraction of sp³-hybridized carbons (Fsp3) is 0.536. The van der Waals surface area contributed by atoms with Gasteiger partial charge in [0.2, 0.25) is 0 Å². The number of nitrogens with one attached hydrogen (secondary N) is 1. The van der Waals surface area contributed by atoms with Crippen LogP contribution in [-0.2, 0) is 28.8 Å². The van der Waals surface area contributed by atoms with Crippen LogP contribution in [0.5, 0.6) is 0 Å². The molecule has 2 aromatic carbocycles. The maximum Gasteiger partial charge on any atom is 0.303 e. The van der Waals surface area contributed by atoms with E-state index in [2.05, 4.69) is 49.5 Å². The summed E-state index contributed by atoms with van der Waals surface area (Å²) in [5.74, 6) is -0.176. The molecule has 0 unspecified atom stereocenters. The van der Waals surface area contributed by atoms with Gasteiger partial charge >= 0.3 is 5.97 Å². The van der Waals surface area contributed by atoms with Crippen LogP contribution in [-0.4, -0.2) is 41.0 Å². The first-order valence-electron chi connectivity index (χ1n) is 12.1. The zero-order chi connectivity index (χ0) is 24.0. The molecule has 3 rings (SSSR count). The molecule has 0 amide bonds. The van der Waals surface area contributed by atoms with Gasteiger partial charge in [0.05, 0.1) is 18.8 Å². The SMILES string of the molecule is Cc1ccc(CCC(=O)O)c([C@@H](C)OC[C@H](O)CNC(C)(C)CC2Cc3ccccc3C2)c1. The zero-order valence-electron chi connectivity index (χ0n) is 20.4. The molecule has 1 aliphatic carbocycles. The lowest BCUT2D eigenvalue weighted by atomic mass is 9.88. The molecule has 0 fully saturated rings. The Hall–Kier alpha value is -2.21. The van der Waals surface area contributed by atoms with Gasteiger partial charge in [-0.2, -0.15) is 0 Å². The summed E-state index contributed by atoms with van der Waals surface area (Å²) in [6.45, 7) is 9.08. The number of aliphatic hydroxyl groups is 1. The van der Waals surface area contributed by atoms with Crippen LogP contribution in [0.3, 0.4) is 0 Å². The minimum absolute atomic E-state index is 0.0696. The summed E-state index contributed by atoms with van der Waals surface area (Å²) in [5.41, 5.74) is 5.97. The second-order valence-corrected chi connectivity index (χ2v) is 10.2. The van der Waals surface area contributed by atoms with Crippen molar-refractivity contribution in [2.45, 2.75) is 77.5 Å². The summed E-state index contributed by atoms with van der Waals surface area (Å²) in [6.07, 6.45) is 3.06. The van der Waals surface area contributed by atoms with Crippen LogP contribution in [0.15, 0.2) is 42.5 Å². The summed E-state index contributed by atoms with van der Waals surface area (Å²) < 4.78 is 6.00. The molecule has 0 radical (unpaired) electrons. The van der Waals surface area contributed by atoms with Gasteiger partial charge in [0.1, 0.15) is 0 Å². The van der Waals surface area contributed by atoms with Crippen LogP contribution in [0.25, 0.3) is 0 Å². The van der Waals surface area contributed by atoms with E-state index < -0.39 is 12.1 Å². The Morgan fingerprint density at radius 3 is 2.48 bits per heavy atom. The Morgan fingerprint density at radius 1 is 1.18 bits per heavy atom. The maximum absolute atomic E-state index is 11.0. The highest BCUT2D eigenvalue weighted by Crippen LogP contribution is 2.32. The van der Waals surface area contributed by atoms with Crippen LogP contribution < -0.4 is 5.32 Å². The van der Waals surface area contributed by atoms with E-state index in [0.29, 0.717) is 18.9 Å². The summed E-state index contributed by atoms with van der Waals surface area (Å²) >= 11 is 0. The van der Waals surface area contributed by atoms with Gasteiger partial charge in [0, 0.05) is 18.5 Å². The van der Waals surface area contributed by atoms with Gasteiger partial charge in [-0.25, -0.2) is 0 Å². The van der Waals surface area contributed by atoms with Crippen LogP contribution in [0.4, 0.5) is 0 Å². The number of hydrogen-bond donors (Lipinski definition) is 3. The Morgan fingerprint density at radius 2 is 1.85 bits per heavy atom. The van der Waals surface area contributed by atoms with Crippen LogP contribution in [0.2, 0.25) is 0 Å². The van der Waals surface area contributed by atoms with Crippen molar-refractivity contribution in [2.24, 2.45) is 5.92 Å². The Bertz CT molecular complexity index is 914. The largest absolute Gasteiger partial charge is 0.481 e. The number of carbonyl (C=O) groups is 1. The van der Waals surface area contributed by atoms with Crippen molar-refractivity contribution in [3.63, 3.8) is 0 Å². The molecule has 0 heterocycles. The number of hydrogen-bond acceptors (Lipinski definition) is 4. The number of carboxylic acids is 1. The smallest absolute Gasteiger partial charge is 0.303 e. The van der Waals surface area contributed by atoms with Gasteiger partial charge in [-0.3, -0.25) is 4.79 Å². The normalized spacial score (nSPS) is 15.9. The highest BCUT2D eigenvalue weighted by Gasteiger charge is 2.28. The highest BCUT2D eigenvalue weighted by molar-refractivity contribution is 5.67. The summed E-state index contributed by atoms with van der Waals surface area (Å²) in [5, 5.41) is 23.1. The van der Waals surface area contributed by atoms with E-state index in [1.54, 1.807) is 0 Å². The molecule has 0 spiro atoms. The molecule has 0 aromatic heterocycles. The summed E-state index contributed by atoms with van der Waals surface area (Å²) in [6, 6.07) is 14.7. The van der Waals surface area contributed by atoms with Crippen molar-refractivity contribution in [2.75, 3.05) is 13.2 Å². The van der Waals surface area contributed by atoms with Crippen molar-refractivity contribution in [3.05, 3.63) is 70.3 Å². The number of aliphatic carboxylic acids is 1. The number of aryl methyl sites for hydroxylation is 2. The number of benzene rings is 2. The van der Waals surface area contributed by atoms with Crippen molar-refractivity contribution >= 4 is 5.97 Å². The van der Waals surface area contributed by atoms with Gasteiger partial charge in [-0.15, -0.1) is 0 Å². The van der Waals surface area contributed by atoms with Gasteiger partial charge in [-0.1, -0.05) is 48.0 Å². The molecule has 5 heteroatoms. The van der Waals surface area contributed by atoms with E-state index in [4.69, 9.17) is 9.84 Å². The van der Waals surface area contributed by atoms with E-state index in [9.17, 15) is 9.90 Å². The lowest BCUT2D eigenvalue weighted by molar-refractivity contribution is -0.136. The maximum atomic E-state index is 11.0. The first-order chi connectivity index (χ1) is 15.6. The molecule has 2 atom stereocenters. The molecule has 0 saturated carbocycles. The quantitative estimate of drug-likeness (QED) is 0.437. The molecule has 0 aliphatic heterocycles. The van der Waals surface area contributed by atoms with Crippen molar-refractivity contribution in [1.82, 2.24) is 5.32 Å². The number of β-amino-alcohol motifs (C(OH)–C–C–N with tert-alkyl or cyclic N) is 1. The first-order valence-corrected chi connectivity index (χ1v) is 12.1. The standard InChI is InChI=1S/C28H39NO4/c1-19-9-10-22(11-12-27(31)32)26(13-19)20(2)33-18-25(30)17-29-28(3,4)16-21-14-23-7-5-6-8-24(23)15-21/h5-10,13,20-21,25,29-30H,11-12,14-18H2,1-4H3,(H,31,32)/t20-,25-/m1/s1. The lowest BCUT2D eigenvalue weighted by Crippen LogP contribution is -2.45. The molecular weight excluding hydrogens is 414 g/mol. The third-order valence-electron chi connectivity index (χ3n) is 6.64. The number of fused-ring (bicyclic) bond motifs is 1. The molecule has 5 nitrogen and oxygen atoms in total. The lowest BCUT2D eigenvalue weighted by Gasteiger charge is -2.31. The second kappa shape index (κ2) is 11.3. The van der Waals surface area contributed by atoms with Crippen molar-refractivity contribution in [1.29, 1.82) is 0 Å². The van der Waals surface area contributed by atoms with Crippen LogP contribution in [0.1, 0.15) is 67.5 Å². The van der Waals surface area contributed by atoms with E-state index in [-0.39, 0.29) is 24.7 Å². The Kier molecular flexibility index (Phi) is 8.69. The molecular formula is C28H39NO4. The topological polar surface area (TPSA) is 78.8 Å². The number of ether oxygens (including phenoxy) is 1. The first kappa shape index (κ1) is 25.4. The van der Waals surface area contributed by atoms with E-state index in [1.165, 1.54) is 11.1 Å². The van der Waals surface area contributed by atoms with E-state index in [0.717, 1.165) is 36.0 Å². The minimum atomic E-state index is -0.805. The molecule has 180 valence electrons. The highest BCUT2D eigenvalue weighted by atomic mass is 16.5. The third-order valence-corrected chi connectivity index (χ3v) is 6.64. The second-order valence-electron chi connectivity index (χ2n) is 10.2. The Balaban J connectivity index is 1.46. The van der Waals surface area contributed by atoms with E-state index in [1.807, 2.05) is 26.0 Å². The molecule has 2 aromatic rings. The Labute approximate surface area is 198 Å². The molecule has 0 bridgehead atoms. The monoisotopic (exact) mass is 453 g/mol. The molecule has 3 N–H and O–H groups in total.